The van der Waals surface area contributed by atoms with E-state index in [4.69, 9.17) is 4.42 Å². The van der Waals surface area contributed by atoms with Crippen LogP contribution in [0.25, 0.3) is 11.1 Å². The van der Waals surface area contributed by atoms with Crippen molar-refractivity contribution in [2.24, 2.45) is 0 Å². The van der Waals surface area contributed by atoms with Crippen molar-refractivity contribution < 1.29 is 18.7 Å². The van der Waals surface area contributed by atoms with Crippen LogP contribution in [0.1, 0.15) is 23.0 Å². The fourth-order valence-corrected chi connectivity index (χ4v) is 3.52. The Morgan fingerprint density at radius 3 is 2.96 bits per heavy atom. The summed E-state index contributed by atoms with van der Waals surface area (Å²) in [4.78, 5) is 31.2. The molecule has 1 amide bonds. The van der Waals surface area contributed by atoms with Gasteiger partial charge in [0, 0.05) is 18.1 Å². The highest BCUT2D eigenvalue weighted by molar-refractivity contribution is 7.98. The second-order valence-corrected chi connectivity index (χ2v) is 6.55. The number of thioether (sulfide) groups is 1. The standard InChI is InChI=1S/C15H13N3O4S2/c1-8(19)16-14-17-10(6-23-14)7-24-15-18-11-5-9(13(20)21-2)3-4-12(11)22-15/h3-6H,7H2,1-2H3,(H,16,17,19). The first-order valence-electron chi connectivity index (χ1n) is 6.89. The monoisotopic (exact) mass is 363 g/mol. The van der Waals surface area contributed by atoms with E-state index in [1.807, 2.05) is 5.38 Å². The lowest BCUT2D eigenvalue weighted by molar-refractivity contribution is -0.114. The molecule has 0 atom stereocenters. The number of hydrogen-bond donors (Lipinski definition) is 1. The maximum Gasteiger partial charge on any atom is 0.337 e. The van der Waals surface area contributed by atoms with Gasteiger partial charge in [0.05, 0.1) is 18.4 Å². The van der Waals surface area contributed by atoms with Gasteiger partial charge in [0.15, 0.2) is 10.7 Å². The quantitative estimate of drug-likeness (QED) is 0.549. The Kier molecular flexibility index (Phi) is 4.81. The van der Waals surface area contributed by atoms with Crippen LogP contribution < -0.4 is 5.32 Å². The summed E-state index contributed by atoms with van der Waals surface area (Å²) in [5.41, 5.74) is 2.44. The highest BCUT2D eigenvalue weighted by Gasteiger charge is 2.12. The van der Waals surface area contributed by atoms with E-state index in [9.17, 15) is 9.59 Å². The summed E-state index contributed by atoms with van der Waals surface area (Å²) in [7, 11) is 1.33. The third-order valence-corrected chi connectivity index (χ3v) is 4.64. The van der Waals surface area contributed by atoms with Crippen LogP contribution in [0.2, 0.25) is 0 Å². The zero-order valence-electron chi connectivity index (χ0n) is 12.9. The minimum Gasteiger partial charge on any atom is -0.465 e. The topological polar surface area (TPSA) is 94.3 Å². The highest BCUT2D eigenvalue weighted by Crippen LogP contribution is 2.28. The molecule has 0 aliphatic carbocycles. The molecule has 124 valence electrons. The Labute approximate surface area is 145 Å². The molecule has 1 aromatic carbocycles. The number of anilines is 1. The number of nitrogens with zero attached hydrogens (tertiary/aromatic N) is 2. The summed E-state index contributed by atoms with van der Waals surface area (Å²) < 4.78 is 10.3. The lowest BCUT2D eigenvalue weighted by atomic mass is 10.2. The molecule has 0 radical (unpaired) electrons. The Balaban J connectivity index is 1.70. The summed E-state index contributed by atoms with van der Waals surface area (Å²) in [5.74, 6) is -0.00163. The number of amides is 1. The van der Waals surface area contributed by atoms with Gasteiger partial charge in [-0.15, -0.1) is 11.3 Å². The van der Waals surface area contributed by atoms with Crippen LogP contribution in [0.3, 0.4) is 0 Å². The van der Waals surface area contributed by atoms with Crippen molar-refractivity contribution in [3.8, 4) is 0 Å². The molecule has 1 N–H and O–H groups in total. The van der Waals surface area contributed by atoms with Crippen LogP contribution in [-0.4, -0.2) is 29.0 Å². The number of nitrogens with one attached hydrogen (secondary N) is 1. The molecule has 0 aliphatic rings. The molecule has 7 nitrogen and oxygen atoms in total. The van der Waals surface area contributed by atoms with Crippen molar-refractivity contribution in [3.05, 3.63) is 34.8 Å². The number of thiazole rings is 1. The third-order valence-electron chi connectivity index (χ3n) is 2.97. The molecule has 3 aromatic rings. The average molecular weight is 363 g/mol. The van der Waals surface area contributed by atoms with Crippen LogP contribution in [0.4, 0.5) is 5.13 Å². The van der Waals surface area contributed by atoms with E-state index < -0.39 is 5.97 Å². The first-order chi connectivity index (χ1) is 11.5. The Morgan fingerprint density at radius 1 is 1.38 bits per heavy atom. The van der Waals surface area contributed by atoms with Crippen LogP contribution in [0, 0.1) is 0 Å². The van der Waals surface area contributed by atoms with Crippen molar-refractivity contribution in [1.29, 1.82) is 0 Å². The van der Waals surface area contributed by atoms with Gasteiger partial charge in [0.25, 0.3) is 5.22 Å². The highest BCUT2D eigenvalue weighted by atomic mass is 32.2. The van der Waals surface area contributed by atoms with Gasteiger partial charge in [-0.2, -0.15) is 0 Å². The van der Waals surface area contributed by atoms with Crippen molar-refractivity contribution in [1.82, 2.24) is 9.97 Å². The van der Waals surface area contributed by atoms with Gasteiger partial charge in [0.1, 0.15) is 5.52 Å². The third kappa shape index (κ3) is 3.74. The Bertz CT molecular complexity index is 903. The maximum absolute atomic E-state index is 11.5. The van der Waals surface area contributed by atoms with Gasteiger partial charge in [0.2, 0.25) is 5.91 Å². The van der Waals surface area contributed by atoms with Crippen LogP contribution >= 0.6 is 23.1 Å². The second kappa shape index (κ2) is 7.02. The molecule has 0 bridgehead atoms. The van der Waals surface area contributed by atoms with Gasteiger partial charge in [-0.25, -0.2) is 14.8 Å². The molecule has 2 aromatic heterocycles. The van der Waals surface area contributed by atoms with E-state index in [1.54, 1.807) is 18.2 Å². The van der Waals surface area contributed by atoms with Crippen molar-refractivity contribution >= 4 is 51.2 Å². The van der Waals surface area contributed by atoms with Gasteiger partial charge in [-0.3, -0.25) is 4.79 Å². The van der Waals surface area contributed by atoms with Crippen LogP contribution in [-0.2, 0) is 15.3 Å². The lowest BCUT2D eigenvalue weighted by Gasteiger charge is -1.96. The van der Waals surface area contributed by atoms with Crippen molar-refractivity contribution in [2.75, 3.05) is 12.4 Å². The summed E-state index contributed by atoms with van der Waals surface area (Å²) in [6.45, 7) is 1.44. The fraction of sp³-hybridized carbons (Fsp3) is 0.200. The fourth-order valence-electron chi connectivity index (χ4n) is 1.93. The number of rotatable bonds is 5. The first kappa shape index (κ1) is 16.5. The molecular formula is C15H13N3O4S2. The summed E-state index contributed by atoms with van der Waals surface area (Å²) in [6.07, 6.45) is 0. The minimum atomic E-state index is -0.415. The lowest BCUT2D eigenvalue weighted by Crippen LogP contribution is -2.05. The van der Waals surface area contributed by atoms with Crippen LogP contribution in [0.15, 0.2) is 33.2 Å². The number of methoxy groups -OCH3 is 1. The zero-order valence-corrected chi connectivity index (χ0v) is 14.5. The van der Waals surface area contributed by atoms with Gasteiger partial charge in [-0.05, 0) is 18.2 Å². The van der Waals surface area contributed by atoms with E-state index in [-0.39, 0.29) is 5.91 Å². The molecule has 2 heterocycles. The normalized spacial score (nSPS) is 10.8. The second-order valence-electron chi connectivity index (χ2n) is 4.77. The molecule has 0 aliphatic heterocycles. The molecule has 0 spiro atoms. The summed E-state index contributed by atoms with van der Waals surface area (Å²) in [6, 6.07) is 4.96. The van der Waals surface area contributed by atoms with Gasteiger partial charge in [-0.1, -0.05) is 11.8 Å². The minimum absolute atomic E-state index is 0.149. The SMILES string of the molecule is COC(=O)c1ccc2oc(SCc3csc(NC(C)=O)n3)nc2c1. The van der Waals surface area contributed by atoms with E-state index in [0.29, 0.717) is 32.8 Å². The Morgan fingerprint density at radius 2 is 2.21 bits per heavy atom. The molecule has 3 rings (SSSR count). The molecule has 24 heavy (non-hydrogen) atoms. The van der Waals surface area contributed by atoms with E-state index in [0.717, 1.165) is 5.69 Å². The number of fused-ring (bicyclic) bond motifs is 1. The Hall–Kier alpha value is -2.39. The molecule has 0 saturated carbocycles. The number of aromatic nitrogens is 2. The zero-order chi connectivity index (χ0) is 17.1. The number of ether oxygens (including phenoxy) is 1. The van der Waals surface area contributed by atoms with Gasteiger partial charge < -0.3 is 14.5 Å². The van der Waals surface area contributed by atoms with E-state index in [2.05, 4.69) is 20.0 Å². The number of esters is 1. The maximum atomic E-state index is 11.5. The molecule has 0 saturated heterocycles. The smallest absolute Gasteiger partial charge is 0.337 e. The number of benzene rings is 1. The molecule has 0 unspecified atom stereocenters. The molecule has 9 heteroatoms. The van der Waals surface area contributed by atoms with E-state index in [1.165, 1.54) is 37.1 Å². The predicted molar refractivity (Wildman–Crippen MR) is 91.3 cm³/mol. The molecular weight excluding hydrogens is 350 g/mol. The predicted octanol–water partition coefficient (Wildman–Crippen LogP) is 3.32. The first-order valence-corrected chi connectivity index (χ1v) is 8.75. The van der Waals surface area contributed by atoms with Crippen LogP contribution in [0.5, 0.6) is 0 Å². The van der Waals surface area contributed by atoms with Crippen molar-refractivity contribution in [3.63, 3.8) is 0 Å². The largest absolute Gasteiger partial charge is 0.465 e. The summed E-state index contributed by atoms with van der Waals surface area (Å²) in [5, 5.41) is 5.57. The number of carbonyl (C=O) groups excluding carboxylic acids is 2. The summed E-state index contributed by atoms with van der Waals surface area (Å²) >= 11 is 2.76. The van der Waals surface area contributed by atoms with E-state index >= 15 is 0 Å². The molecule has 0 fully saturated rings. The van der Waals surface area contributed by atoms with Gasteiger partial charge >= 0.3 is 5.97 Å². The van der Waals surface area contributed by atoms with Crippen molar-refractivity contribution in [2.45, 2.75) is 17.9 Å². The number of oxazole rings is 1. The average Bonchev–Trinajstić information content (AvgIpc) is 3.16. The number of carbonyl (C=O) groups is 2. The number of hydrogen-bond acceptors (Lipinski definition) is 8.